The Hall–Kier alpha value is -3.05. The SMILES string of the molecule is OC(=[NH+]C1CSC(=Nc2ccccc2)N1Cc1ccccc1)c1ccccc1. The fourth-order valence-electron chi connectivity index (χ4n) is 3.08. The molecule has 0 aliphatic carbocycles. The van der Waals surface area contributed by atoms with E-state index in [0.29, 0.717) is 0 Å². The Morgan fingerprint density at radius 1 is 0.929 bits per heavy atom. The van der Waals surface area contributed by atoms with Crippen LogP contribution in [0, 0.1) is 0 Å². The van der Waals surface area contributed by atoms with Crippen molar-refractivity contribution in [3.05, 3.63) is 102 Å². The van der Waals surface area contributed by atoms with Gasteiger partial charge in [-0.05, 0) is 29.8 Å². The molecule has 2 N–H and O–H groups in total. The van der Waals surface area contributed by atoms with E-state index < -0.39 is 0 Å². The highest BCUT2D eigenvalue weighted by atomic mass is 32.2. The van der Waals surface area contributed by atoms with Crippen LogP contribution in [0.4, 0.5) is 5.69 Å². The smallest absolute Gasteiger partial charge is 0.367 e. The van der Waals surface area contributed by atoms with Crippen molar-refractivity contribution < 1.29 is 10.1 Å². The van der Waals surface area contributed by atoms with Gasteiger partial charge in [0.25, 0.3) is 0 Å². The summed E-state index contributed by atoms with van der Waals surface area (Å²) in [5, 5.41) is 11.5. The molecule has 0 saturated carbocycles. The van der Waals surface area contributed by atoms with Crippen molar-refractivity contribution >= 4 is 28.5 Å². The minimum absolute atomic E-state index is 0.0483. The third kappa shape index (κ3) is 4.43. The van der Waals surface area contributed by atoms with Gasteiger partial charge in [0.1, 0.15) is 0 Å². The molecule has 4 nitrogen and oxygen atoms in total. The van der Waals surface area contributed by atoms with E-state index >= 15 is 0 Å². The van der Waals surface area contributed by atoms with E-state index in [1.54, 1.807) is 11.8 Å². The molecule has 1 aliphatic heterocycles. The lowest BCUT2D eigenvalue weighted by molar-refractivity contribution is -0.527. The van der Waals surface area contributed by atoms with Crippen LogP contribution in [0.5, 0.6) is 0 Å². The number of para-hydroxylation sites is 1. The standard InChI is InChI=1S/C23H21N3OS/c27-22(19-12-6-2-7-13-19)25-21-17-28-23(24-20-14-8-3-9-15-20)26(21)16-18-10-4-1-5-11-18/h1-15,21H,16-17H2,(H,25,27)/p+1. The maximum atomic E-state index is 10.6. The molecule has 28 heavy (non-hydrogen) atoms. The molecule has 0 aromatic heterocycles. The van der Waals surface area contributed by atoms with Crippen LogP contribution in [0.25, 0.3) is 0 Å². The molecule has 3 aromatic carbocycles. The van der Waals surface area contributed by atoms with Crippen LogP contribution in [0.3, 0.4) is 0 Å². The molecule has 140 valence electrons. The number of nitrogens with one attached hydrogen (secondary N) is 1. The fourth-order valence-corrected chi connectivity index (χ4v) is 4.18. The molecule has 0 spiro atoms. The molecule has 1 aliphatic rings. The Morgan fingerprint density at radius 3 is 2.21 bits per heavy atom. The van der Waals surface area contributed by atoms with Crippen molar-refractivity contribution in [2.75, 3.05) is 5.75 Å². The average molecular weight is 389 g/mol. The Morgan fingerprint density at radius 2 is 1.54 bits per heavy atom. The van der Waals surface area contributed by atoms with Crippen molar-refractivity contribution in [1.29, 1.82) is 0 Å². The number of thioether (sulfide) groups is 1. The summed E-state index contributed by atoms with van der Waals surface area (Å²) in [6.07, 6.45) is -0.0483. The maximum Gasteiger partial charge on any atom is 0.367 e. The van der Waals surface area contributed by atoms with Crippen LogP contribution in [0.15, 0.2) is 96.0 Å². The summed E-state index contributed by atoms with van der Waals surface area (Å²) >= 11 is 1.70. The Kier molecular flexibility index (Phi) is 5.73. The van der Waals surface area contributed by atoms with E-state index in [1.807, 2.05) is 78.9 Å². The van der Waals surface area contributed by atoms with Gasteiger partial charge in [-0.2, -0.15) is 4.99 Å². The first-order chi connectivity index (χ1) is 13.8. The average Bonchev–Trinajstić information content (AvgIpc) is 3.11. The van der Waals surface area contributed by atoms with Gasteiger partial charge in [-0.15, -0.1) is 0 Å². The monoisotopic (exact) mass is 388 g/mol. The van der Waals surface area contributed by atoms with Crippen molar-refractivity contribution in [3.63, 3.8) is 0 Å². The third-order valence-corrected chi connectivity index (χ3v) is 5.59. The topological polar surface area (TPSA) is 49.8 Å². The summed E-state index contributed by atoms with van der Waals surface area (Å²) in [5.74, 6) is 0.986. The van der Waals surface area contributed by atoms with E-state index in [-0.39, 0.29) is 12.1 Å². The van der Waals surface area contributed by atoms with Crippen LogP contribution in [0.1, 0.15) is 11.1 Å². The first-order valence-electron chi connectivity index (χ1n) is 9.24. The highest BCUT2D eigenvalue weighted by Crippen LogP contribution is 2.26. The summed E-state index contributed by atoms with van der Waals surface area (Å²) in [5.41, 5.74) is 2.91. The lowest BCUT2D eigenvalue weighted by atomic mass is 10.2. The summed E-state index contributed by atoms with van der Waals surface area (Å²) in [6.45, 7) is 0.721. The van der Waals surface area contributed by atoms with Gasteiger partial charge in [-0.25, -0.2) is 4.99 Å². The van der Waals surface area contributed by atoms with Gasteiger partial charge in [0.15, 0.2) is 5.17 Å². The second-order valence-corrected chi connectivity index (χ2v) is 7.52. The van der Waals surface area contributed by atoms with Crippen LogP contribution in [-0.2, 0) is 6.54 Å². The number of aliphatic hydroxyl groups is 1. The summed E-state index contributed by atoms with van der Waals surface area (Å²) in [6, 6.07) is 29.9. The predicted molar refractivity (Wildman–Crippen MR) is 116 cm³/mol. The first kappa shape index (κ1) is 18.3. The van der Waals surface area contributed by atoms with Gasteiger partial charge in [0.05, 0.1) is 23.5 Å². The lowest BCUT2D eigenvalue weighted by Gasteiger charge is -2.20. The molecule has 3 aromatic rings. The zero-order valence-electron chi connectivity index (χ0n) is 15.4. The van der Waals surface area contributed by atoms with Gasteiger partial charge in [-0.1, -0.05) is 78.5 Å². The number of aliphatic imine (C=N–C) groups is 1. The molecule has 1 atom stereocenters. The Bertz CT molecular complexity index is 959. The molecule has 1 saturated heterocycles. The minimum atomic E-state index is -0.0483. The lowest BCUT2D eigenvalue weighted by Crippen LogP contribution is -2.84. The number of amidine groups is 1. The Balaban J connectivity index is 1.64. The molecule has 0 bridgehead atoms. The van der Waals surface area contributed by atoms with Crippen LogP contribution in [-0.4, -0.2) is 33.0 Å². The van der Waals surface area contributed by atoms with E-state index in [9.17, 15) is 5.11 Å². The highest BCUT2D eigenvalue weighted by molar-refractivity contribution is 8.14. The Labute approximate surface area is 169 Å². The second-order valence-electron chi connectivity index (χ2n) is 6.53. The molecule has 4 rings (SSSR count). The summed E-state index contributed by atoms with van der Waals surface area (Å²) in [4.78, 5) is 10.3. The number of hydrogen-bond donors (Lipinski definition) is 2. The summed E-state index contributed by atoms with van der Waals surface area (Å²) < 4.78 is 0. The molecule has 5 heteroatoms. The van der Waals surface area contributed by atoms with Crippen molar-refractivity contribution in [2.24, 2.45) is 4.99 Å². The fraction of sp³-hybridized carbons (Fsp3) is 0.130. The molecule has 1 heterocycles. The molecular formula is C23H22N3OS+. The maximum absolute atomic E-state index is 10.6. The first-order valence-corrected chi connectivity index (χ1v) is 10.2. The molecule has 1 fully saturated rings. The number of aliphatic hydroxyl groups excluding tert-OH is 1. The van der Waals surface area contributed by atoms with E-state index in [2.05, 4.69) is 22.0 Å². The largest absolute Gasteiger partial charge is 0.460 e. The molecular weight excluding hydrogens is 366 g/mol. The molecule has 0 amide bonds. The van der Waals surface area contributed by atoms with Crippen LogP contribution < -0.4 is 4.99 Å². The molecule has 0 radical (unpaired) electrons. The van der Waals surface area contributed by atoms with Gasteiger partial charge < -0.3 is 5.11 Å². The van der Waals surface area contributed by atoms with Crippen LogP contribution in [0.2, 0.25) is 0 Å². The van der Waals surface area contributed by atoms with E-state index in [0.717, 1.165) is 28.7 Å². The zero-order chi connectivity index (χ0) is 19.2. The van der Waals surface area contributed by atoms with Gasteiger partial charge in [0, 0.05) is 0 Å². The zero-order valence-corrected chi connectivity index (χ0v) is 16.2. The quantitative estimate of drug-likeness (QED) is 0.521. The van der Waals surface area contributed by atoms with E-state index in [1.165, 1.54) is 5.56 Å². The minimum Gasteiger partial charge on any atom is -0.460 e. The highest BCUT2D eigenvalue weighted by Gasteiger charge is 2.35. The molecule has 1 unspecified atom stereocenters. The van der Waals surface area contributed by atoms with Crippen molar-refractivity contribution in [3.8, 4) is 0 Å². The van der Waals surface area contributed by atoms with Crippen molar-refractivity contribution in [2.45, 2.75) is 12.7 Å². The van der Waals surface area contributed by atoms with Gasteiger partial charge in [-0.3, -0.25) is 4.90 Å². The van der Waals surface area contributed by atoms with Crippen molar-refractivity contribution in [1.82, 2.24) is 4.90 Å². The number of hydrogen-bond acceptors (Lipinski definition) is 2. The van der Waals surface area contributed by atoms with Gasteiger partial charge >= 0.3 is 5.90 Å². The normalized spacial score (nSPS) is 18.6. The summed E-state index contributed by atoms with van der Waals surface area (Å²) in [7, 11) is 0. The number of nitrogens with zero attached hydrogens (tertiary/aromatic N) is 2. The van der Waals surface area contributed by atoms with E-state index in [4.69, 9.17) is 4.99 Å². The number of benzene rings is 3. The predicted octanol–water partition coefficient (Wildman–Crippen LogP) is 3.33. The van der Waals surface area contributed by atoms with Crippen LogP contribution >= 0.6 is 11.8 Å². The van der Waals surface area contributed by atoms with Gasteiger partial charge in [0.2, 0.25) is 6.17 Å². The third-order valence-electron chi connectivity index (χ3n) is 4.52. The number of rotatable bonds is 5. The second kappa shape index (κ2) is 8.76.